The Hall–Kier alpha value is -2.91. The molecule has 0 spiro atoms. The number of nitrogens with one attached hydrogen (secondary N) is 1. The van der Waals surface area contributed by atoms with Crippen LogP contribution < -0.4 is 5.32 Å². The van der Waals surface area contributed by atoms with E-state index in [1.54, 1.807) is 0 Å². The lowest BCUT2D eigenvalue weighted by Crippen LogP contribution is -2.41. The number of amides is 1. The third-order valence-corrected chi connectivity index (χ3v) is 5.42. The first-order valence-corrected chi connectivity index (χ1v) is 10.0. The first-order chi connectivity index (χ1) is 13.8. The molecule has 3 aromatic rings. The van der Waals surface area contributed by atoms with Crippen LogP contribution in [0.2, 0.25) is 0 Å². The second-order valence-corrected chi connectivity index (χ2v) is 7.32. The summed E-state index contributed by atoms with van der Waals surface area (Å²) in [6, 6.07) is 30.1. The van der Waals surface area contributed by atoms with Crippen molar-refractivity contribution in [1.82, 2.24) is 10.2 Å². The molecule has 0 bridgehead atoms. The summed E-state index contributed by atoms with van der Waals surface area (Å²) in [5, 5.41) is 3.34. The third kappa shape index (κ3) is 4.15. The van der Waals surface area contributed by atoms with E-state index < -0.39 is 0 Å². The molecule has 0 aromatic heterocycles. The van der Waals surface area contributed by atoms with Gasteiger partial charge in [-0.25, -0.2) is 0 Å². The molecule has 3 heteroatoms. The number of likely N-dealkylation sites (tertiary alicyclic amines) is 1. The summed E-state index contributed by atoms with van der Waals surface area (Å²) in [7, 11) is 0. The predicted molar refractivity (Wildman–Crippen MR) is 113 cm³/mol. The molecule has 142 valence electrons. The predicted octanol–water partition coefficient (Wildman–Crippen LogP) is 4.73. The minimum Gasteiger partial charge on any atom is -0.344 e. The van der Waals surface area contributed by atoms with Crippen LogP contribution in [0.25, 0.3) is 0 Å². The highest BCUT2D eigenvalue weighted by Crippen LogP contribution is 2.28. The summed E-state index contributed by atoms with van der Waals surface area (Å²) >= 11 is 0. The van der Waals surface area contributed by atoms with Gasteiger partial charge >= 0.3 is 0 Å². The molecule has 0 unspecified atom stereocenters. The standard InChI is InChI=1S/C25H26N2O/c28-25(24(27-18-10-11-19-27)22-16-8-3-9-17-22)26-23(20-12-4-1-5-13-20)21-14-6-2-7-15-21/h1-9,12-17,23-24H,10-11,18-19H2,(H,26,28)/t24-/m0/s1. The lowest BCUT2D eigenvalue weighted by Gasteiger charge is -2.29. The average molecular weight is 370 g/mol. The smallest absolute Gasteiger partial charge is 0.242 e. The second-order valence-electron chi connectivity index (χ2n) is 7.32. The molecule has 3 nitrogen and oxygen atoms in total. The number of nitrogens with zero attached hydrogens (tertiary/aromatic N) is 1. The van der Waals surface area contributed by atoms with Gasteiger partial charge < -0.3 is 5.32 Å². The number of benzene rings is 3. The van der Waals surface area contributed by atoms with Gasteiger partial charge in [0.2, 0.25) is 5.91 Å². The number of rotatable bonds is 6. The molecule has 3 aromatic carbocycles. The van der Waals surface area contributed by atoms with Crippen LogP contribution in [0.15, 0.2) is 91.0 Å². The topological polar surface area (TPSA) is 32.3 Å². The van der Waals surface area contributed by atoms with Crippen molar-refractivity contribution in [2.45, 2.75) is 24.9 Å². The molecule has 1 N–H and O–H groups in total. The maximum atomic E-state index is 13.5. The van der Waals surface area contributed by atoms with E-state index in [9.17, 15) is 4.79 Å². The van der Waals surface area contributed by atoms with Crippen LogP contribution in [0.3, 0.4) is 0 Å². The Morgan fingerprint density at radius 3 is 1.57 bits per heavy atom. The molecule has 1 heterocycles. The van der Waals surface area contributed by atoms with Crippen LogP contribution >= 0.6 is 0 Å². The van der Waals surface area contributed by atoms with Crippen molar-refractivity contribution in [3.8, 4) is 0 Å². The molecule has 1 fully saturated rings. The fourth-order valence-corrected chi connectivity index (χ4v) is 4.03. The highest BCUT2D eigenvalue weighted by Gasteiger charge is 2.31. The van der Waals surface area contributed by atoms with Crippen molar-refractivity contribution in [3.63, 3.8) is 0 Å². The van der Waals surface area contributed by atoms with E-state index in [1.165, 1.54) is 0 Å². The minimum atomic E-state index is -0.251. The van der Waals surface area contributed by atoms with Gasteiger partial charge in [-0.15, -0.1) is 0 Å². The molecular formula is C25H26N2O. The van der Waals surface area contributed by atoms with Gasteiger partial charge in [0.05, 0.1) is 6.04 Å². The Bertz CT molecular complexity index is 835. The van der Waals surface area contributed by atoms with Gasteiger partial charge in [0.15, 0.2) is 0 Å². The summed E-state index contributed by atoms with van der Waals surface area (Å²) in [6.45, 7) is 1.93. The zero-order valence-corrected chi connectivity index (χ0v) is 16.0. The van der Waals surface area contributed by atoms with Crippen molar-refractivity contribution in [2.24, 2.45) is 0 Å². The highest BCUT2D eigenvalue weighted by molar-refractivity contribution is 5.84. The van der Waals surface area contributed by atoms with Gasteiger partial charge in [0.25, 0.3) is 0 Å². The van der Waals surface area contributed by atoms with E-state index in [0.29, 0.717) is 0 Å². The normalized spacial score (nSPS) is 15.5. The monoisotopic (exact) mass is 370 g/mol. The van der Waals surface area contributed by atoms with Gasteiger partial charge in [-0.05, 0) is 42.6 Å². The van der Waals surface area contributed by atoms with Crippen molar-refractivity contribution >= 4 is 5.91 Å². The van der Waals surface area contributed by atoms with Crippen LogP contribution in [-0.2, 0) is 4.79 Å². The lowest BCUT2D eigenvalue weighted by atomic mass is 9.97. The van der Waals surface area contributed by atoms with Crippen LogP contribution in [0, 0.1) is 0 Å². The number of carbonyl (C=O) groups excluding carboxylic acids is 1. The zero-order chi connectivity index (χ0) is 19.2. The first-order valence-electron chi connectivity index (χ1n) is 10.0. The first kappa shape index (κ1) is 18.5. The molecule has 1 atom stereocenters. The highest BCUT2D eigenvalue weighted by atomic mass is 16.2. The molecule has 1 aliphatic heterocycles. The summed E-state index contributed by atoms with van der Waals surface area (Å²) in [5.41, 5.74) is 3.24. The second kappa shape index (κ2) is 8.85. The molecule has 0 saturated carbocycles. The minimum absolute atomic E-state index is 0.0609. The van der Waals surface area contributed by atoms with Crippen molar-refractivity contribution in [2.75, 3.05) is 13.1 Å². The van der Waals surface area contributed by atoms with Crippen LogP contribution in [-0.4, -0.2) is 23.9 Å². The zero-order valence-electron chi connectivity index (χ0n) is 16.0. The molecule has 4 rings (SSSR count). The van der Waals surface area contributed by atoms with E-state index in [2.05, 4.69) is 46.6 Å². The van der Waals surface area contributed by atoms with Crippen LogP contribution in [0.1, 0.15) is 41.6 Å². The Kier molecular flexibility index (Phi) is 5.83. The van der Waals surface area contributed by atoms with Crippen LogP contribution in [0.5, 0.6) is 0 Å². The molecular weight excluding hydrogens is 344 g/mol. The molecule has 1 amide bonds. The Labute approximate surface area is 167 Å². The van der Waals surface area contributed by atoms with E-state index >= 15 is 0 Å². The van der Waals surface area contributed by atoms with E-state index in [4.69, 9.17) is 0 Å². The van der Waals surface area contributed by atoms with Crippen molar-refractivity contribution < 1.29 is 4.79 Å². The van der Waals surface area contributed by atoms with Gasteiger partial charge in [-0.1, -0.05) is 91.0 Å². The Morgan fingerprint density at radius 1 is 0.679 bits per heavy atom. The lowest BCUT2D eigenvalue weighted by molar-refractivity contribution is -0.126. The van der Waals surface area contributed by atoms with Gasteiger partial charge in [-0.2, -0.15) is 0 Å². The molecule has 1 saturated heterocycles. The molecule has 0 aliphatic carbocycles. The average Bonchev–Trinajstić information content (AvgIpc) is 3.28. The fraction of sp³-hybridized carbons (Fsp3) is 0.240. The largest absolute Gasteiger partial charge is 0.344 e. The maximum absolute atomic E-state index is 13.5. The van der Waals surface area contributed by atoms with E-state index in [-0.39, 0.29) is 18.0 Å². The van der Waals surface area contributed by atoms with E-state index in [1.807, 2.05) is 54.6 Å². The fourth-order valence-electron chi connectivity index (χ4n) is 4.03. The molecule has 28 heavy (non-hydrogen) atoms. The number of carbonyl (C=O) groups is 1. The van der Waals surface area contributed by atoms with Gasteiger partial charge in [0.1, 0.15) is 6.04 Å². The van der Waals surface area contributed by atoms with Crippen LogP contribution in [0.4, 0.5) is 0 Å². The molecule has 0 radical (unpaired) electrons. The third-order valence-electron chi connectivity index (χ3n) is 5.42. The quantitative estimate of drug-likeness (QED) is 0.680. The molecule has 1 aliphatic rings. The Morgan fingerprint density at radius 2 is 1.11 bits per heavy atom. The summed E-state index contributed by atoms with van der Waals surface area (Å²) < 4.78 is 0. The SMILES string of the molecule is O=C(NC(c1ccccc1)c1ccccc1)[C@H](c1ccccc1)N1CCCC1. The van der Waals surface area contributed by atoms with E-state index in [0.717, 1.165) is 42.6 Å². The summed E-state index contributed by atoms with van der Waals surface area (Å²) in [6.07, 6.45) is 2.30. The van der Waals surface area contributed by atoms with Gasteiger partial charge in [-0.3, -0.25) is 9.69 Å². The number of hydrogen-bond donors (Lipinski definition) is 1. The number of hydrogen-bond acceptors (Lipinski definition) is 2. The van der Waals surface area contributed by atoms with Crippen molar-refractivity contribution in [3.05, 3.63) is 108 Å². The maximum Gasteiger partial charge on any atom is 0.242 e. The Balaban J connectivity index is 1.65. The summed E-state index contributed by atoms with van der Waals surface area (Å²) in [5.74, 6) is 0.0609. The van der Waals surface area contributed by atoms with Gasteiger partial charge in [0, 0.05) is 0 Å². The summed E-state index contributed by atoms with van der Waals surface area (Å²) in [4.78, 5) is 15.8. The van der Waals surface area contributed by atoms with Crippen molar-refractivity contribution in [1.29, 1.82) is 0 Å².